The van der Waals surface area contributed by atoms with E-state index in [2.05, 4.69) is 21.1 Å². The normalized spacial score (nSPS) is 11.8. The molecule has 0 aliphatic carbocycles. The van der Waals surface area contributed by atoms with Gasteiger partial charge in [-0.3, -0.25) is 9.78 Å². The van der Waals surface area contributed by atoms with E-state index < -0.39 is 0 Å². The van der Waals surface area contributed by atoms with E-state index in [1.54, 1.807) is 12.4 Å². The van der Waals surface area contributed by atoms with Crippen molar-refractivity contribution in [2.45, 2.75) is 13.5 Å². The van der Waals surface area contributed by atoms with E-state index in [-0.39, 0.29) is 5.56 Å². The van der Waals surface area contributed by atoms with E-state index in [4.69, 9.17) is 9.84 Å². The highest BCUT2D eigenvalue weighted by molar-refractivity contribution is 7.15. The van der Waals surface area contributed by atoms with Crippen molar-refractivity contribution < 1.29 is 4.74 Å². The van der Waals surface area contributed by atoms with Gasteiger partial charge >= 0.3 is 0 Å². The van der Waals surface area contributed by atoms with Crippen molar-refractivity contribution in [1.82, 2.24) is 29.4 Å². The lowest BCUT2D eigenvalue weighted by Gasteiger charge is -2.10. The zero-order valence-electron chi connectivity index (χ0n) is 22.6. The van der Waals surface area contributed by atoms with Crippen LogP contribution in [0.4, 0.5) is 0 Å². The van der Waals surface area contributed by atoms with E-state index in [9.17, 15) is 4.79 Å². The number of hydrogen-bond donors (Lipinski definition) is 0. The number of hydrogen-bond acceptors (Lipinski definition) is 7. The molecule has 4 heterocycles. The van der Waals surface area contributed by atoms with Crippen LogP contribution < -0.4 is 14.8 Å². The Morgan fingerprint density at radius 2 is 1.64 bits per heavy atom. The number of aromatic nitrogens is 6. The van der Waals surface area contributed by atoms with Crippen LogP contribution in [0, 0.1) is 6.92 Å². The minimum absolute atomic E-state index is 0.220. The van der Waals surface area contributed by atoms with Gasteiger partial charge in [0.15, 0.2) is 5.82 Å². The summed E-state index contributed by atoms with van der Waals surface area (Å²) < 4.78 is 9.82. The number of rotatable bonds is 7. The molecular formula is C33H24N6O2S. The number of ether oxygens (including phenoxy) is 1. The zero-order valence-corrected chi connectivity index (χ0v) is 23.4. The number of fused-ring (bicyclic) bond motifs is 1. The number of para-hydroxylation sites is 1. The van der Waals surface area contributed by atoms with E-state index in [1.807, 2.05) is 109 Å². The van der Waals surface area contributed by atoms with Gasteiger partial charge in [0.25, 0.3) is 5.56 Å². The molecule has 0 radical (unpaired) electrons. The molecule has 0 amide bonds. The van der Waals surface area contributed by atoms with Gasteiger partial charge in [0.1, 0.15) is 18.1 Å². The minimum atomic E-state index is -0.220. The summed E-state index contributed by atoms with van der Waals surface area (Å²) in [5.74, 6) is 1.31. The van der Waals surface area contributed by atoms with Crippen LogP contribution >= 0.6 is 11.3 Å². The van der Waals surface area contributed by atoms with Crippen molar-refractivity contribution in [2.24, 2.45) is 0 Å². The van der Waals surface area contributed by atoms with Gasteiger partial charge in [-0.1, -0.05) is 59.9 Å². The monoisotopic (exact) mass is 568 g/mol. The Morgan fingerprint density at radius 3 is 2.38 bits per heavy atom. The smallest absolute Gasteiger partial charge is 0.291 e. The molecule has 0 atom stereocenters. The Morgan fingerprint density at radius 1 is 0.881 bits per heavy atom. The van der Waals surface area contributed by atoms with Gasteiger partial charge in [-0.05, 0) is 66.6 Å². The quantitative estimate of drug-likeness (QED) is 0.252. The Labute approximate surface area is 244 Å². The summed E-state index contributed by atoms with van der Waals surface area (Å²) in [7, 11) is 0. The maximum atomic E-state index is 13.4. The highest BCUT2D eigenvalue weighted by atomic mass is 32.1. The van der Waals surface area contributed by atoms with Crippen LogP contribution in [-0.4, -0.2) is 29.4 Å². The number of pyridine rings is 1. The third-order valence-electron chi connectivity index (χ3n) is 6.86. The first-order valence-corrected chi connectivity index (χ1v) is 14.2. The zero-order chi connectivity index (χ0) is 28.5. The highest BCUT2D eigenvalue weighted by Crippen LogP contribution is 2.29. The third-order valence-corrected chi connectivity index (χ3v) is 7.81. The molecule has 0 saturated heterocycles. The Kier molecular flexibility index (Phi) is 6.61. The number of benzene rings is 3. The van der Waals surface area contributed by atoms with Gasteiger partial charge < -0.3 is 4.74 Å². The molecule has 7 rings (SSSR count). The molecule has 8 nitrogen and oxygen atoms in total. The van der Waals surface area contributed by atoms with Crippen molar-refractivity contribution >= 4 is 22.4 Å². The first-order chi connectivity index (χ1) is 20.6. The predicted molar refractivity (Wildman–Crippen MR) is 164 cm³/mol. The van der Waals surface area contributed by atoms with Gasteiger partial charge in [-0.2, -0.15) is 14.6 Å². The molecule has 0 fully saturated rings. The largest absolute Gasteiger partial charge is 0.489 e. The topological polar surface area (TPSA) is 87.2 Å². The molecule has 9 heteroatoms. The van der Waals surface area contributed by atoms with Crippen molar-refractivity contribution in [3.8, 4) is 34.1 Å². The van der Waals surface area contributed by atoms with Gasteiger partial charge in [-0.25, -0.2) is 4.68 Å². The molecule has 0 saturated carbocycles. The number of thiazole rings is 1. The molecule has 0 aliphatic rings. The van der Waals surface area contributed by atoms with Gasteiger partial charge in [0.05, 0.1) is 10.2 Å². The summed E-state index contributed by atoms with van der Waals surface area (Å²) in [6.07, 6.45) is 7.17. The lowest BCUT2D eigenvalue weighted by molar-refractivity contribution is 0.304. The van der Waals surface area contributed by atoms with Crippen molar-refractivity contribution in [3.05, 3.63) is 141 Å². The second-order valence-electron chi connectivity index (χ2n) is 9.75. The summed E-state index contributed by atoms with van der Waals surface area (Å²) >= 11 is 1.30. The van der Waals surface area contributed by atoms with Crippen LogP contribution in [0.25, 0.3) is 39.4 Å². The van der Waals surface area contributed by atoms with Gasteiger partial charge in [0, 0.05) is 35.3 Å². The van der Waals surface area contributed by atoms with Crippen LogP contribution in [0.1, 0.15) is 16.7 Å². The van der Waals surface area contributed by atoms with Crippen LogP contribution in [0.5, 0.6) is 5.75 Å². The van der Waals surface area contributed by atoms with Crippen LogP contribution in [0.2, 0.25) is 0 Å². The van der Waals surface area contributed by atoms with E-state index in [0.29, 0.717) is 21.9 Å². The number of aryl methyl sites for hydroxylation is 1. The maximum Gasteiger partial charge on any atom is 0.291 e. The fourth-order valence-corrected chi connectivity index (χ4v) is 5.62. The van der Waals surface area contributed by atoms with Crippen molar-refractivity contribution in [3.63, 3.8) is 0 Å². The van der Waals surface area contributed by atoms with Gasteiger partial charge in [-0.15, -0.1) is 5.10 Å². The Hall–Kier alpha value is -5.41. The van der Waals surface area contributed by atoms with E-state index >= 15 is 0 Å². The second-order valence-corrected chi connectivity index (χ2v) is 10.8. The molecular weight excluding hydrogens is 544 g/mol. The molecule has 4 aromatic heterocycles. The SMILES string of the molecule is Cc1cc(-c2nn(-c3ccccc3)cc2C=c2sc3nc(-c4ccncc4)nn3c2=O)ccc1OCc1ccccc1. The van der Waals surface area contributed by atoms with Crippen LogP contribution in [0.15, 0.2) is 114 Å². The van der Waals surface area contributed by atoms with Gasteiger partial charge in [0.2, 0.25) is 4.96 Å². The average molecular weight is 569 g/mol. The second kappa shape index (κ2) is 10.9. The number of nitrogens with zero attached hydrogens (tertiary/aromatic N) is 6. The van der Waals surface area contributed by atoms with Crippen molar-refractivity contribution in [1.29, 1.82) is 0 Å². The predicted octanol–water partition coefficient (Wildman–Crippen LogP) is 5.50. The molecule has 0 bridgehead atoms. The molecule has 0 aliphatic heterocycles. The molecule has 42 heavy (non-hydrogen) atoms. The molecule has 0 unspecified atom stereocenters. The summed E-state index contributed by atoms with van der Waals surface area (Å²) in [4.78, 5) is 22.5. The molecule has 0 N–H and O–H groups in total. The molecule has 0 spiro atoms. The molecule has 7 aromatic rings. The fraction of sp³-hybridized carbons (Fsp3) is 0.0606. The fourth-order valence-electron chi connectivity index (χ4n) is 4.72. The van der Waals surface area contributed by atoms with Crippen LogP contribution in [0.3, 0.4) is 0 Å². The van der Waals surface area contributed by atoms with E-state index in [1.165, 1.54) is 15.9 Å². The van der Waals surface area contributed by atoms with Crippen LogP contribution in [-0.2, 0) is 6.61 Å². The summed E-state index contributed by atoms with van der Waals surface area (Å²) in [6, 6.07) is 29.7. The van der Waals surface area contributed by atoms with Crippen molar-refractivity contribution in [2.75, 3.05) is 0 Å². The molecule has 204 valence electrons. The summed E-state index contributed by atoms with van der Waals surface area (Å²) in [5.41, 5.74) is 6.11. The maximum absolute atomic E-state index is 13.4. The highest BCUT2D eigenvalue weighted by Gasteiger charge is 2.16. The lowest BCUT2D eigenvalue weighted by Crippen LogP contribution is -2.23. The summed E-state index contributed by atoms with van der Waals surface area (Å²) in [6.45, 7) is 2.52. The molecule has 3 aromatic carbocycles. The third kappa shape index (κ3) is 4.97. The lowest BCUT2D eigenvalue weighted by atomic mass is 10.0. The average Bonchev–Trinajstić information content (AvgIpc) is 3.73. The Bertz CT molecular complexity index is 2120. The van der Waals surface area contributed by atoms with E-state index in [0.717, 1.165) is 44.9 Å². The first-order valence-electron chi connectivity index (χ1n) is 13.4. The standard InChI is InChI=1S/C33H24N6O2S/c1-22-18-25(12-13-28(22)41-21-23-8-4-2-5-9-23)30-26(20-38(36-30)27-10-6-3-7-11-27)19-29-32(40)39-33(42-29)35-31(37-39)24-14-16-34-17-15-24/h2-20H,21H2,1H3. The first kappa shape index (κ1) is 25.6. The summed E-state index contributed by atoms with van der Waals surface area (Å²) in [5, 5.41) is 9.40. The Balaban J connectivity index is 1.28. The minimum Gasteiger partial charge on any atom is -0.489 e.